The van der Waals surface area contributed by atoms with Crippen LogP contribution in [-0.2, 0) is 0 Å². The van der Waals surface area contributed by atoms with Crippen molar-refractivity contribution in [2.45, 2.75) is 25.3 Å². The Morgan fingerprint density at radius 2 is 2.07 bits per heavy atom. The van der Waals surface area contributed by atoms with Gasteiger partial charge in [-0.05, 0) is 49.6 Å². The highest BCUT2D eigenvalue weighted by Crippen LogP contribution is 2.32. The number of pyridine rings is 1. The molecule has 3 heterocycles. The highest BCUT2D eigenvalue weighted by Gasteiger charge is 2.33. The normalized spacial score (nSPS) is 16.9. The average molecular weight is 364 g/mol. The summed E-state index contributed by atoms with van der Waals surface area (Å²) in [6.45, 7) is 0.660. The van der Waals surface area contributed by atoms with Gasteiger partial charge in [-0.15, -0.1) is 0 Å². The van der Waals surface area contributed by atoms with Gasteiger partial charge in [-0.2, -0.15) is 4.98 Å². The summed E-state index contributed by atoms with van der Waals surface area (Å²) >= 11 is 0. The molecular weight excluding hydrogens is 344 g/mol. The van der Waals surface area contributed by atoms with Gasteiger partial charge in [0, 0.05) is 30.1 Å². The largest absolute Gasteiger partial charge is 0.497 e. The van der Waals surface area contributed by atoms with E-state index in [0.717, 1.165) is 24.8 Å². The molecule has 7 heteroatoms. The molecule has 1 amide bonds. The van der Waals surface area contributed by atoms with Gasteiger partial charge in [0.25, 0.3) is 5.91 Å². The number of hydrogen-bond acceptors (Lipinski definition) is 6. The zero-order valence-corrected chi connectivity index (χ0v) is 15.0. The maximum Gasteiger partial charge on any atom is 0.254 e. The molecule has 2 aromatic heterocycles. The van der Waals surface area contributed by atoms with E-state index in [0.29, 0.717) is 29.6 Å². The van der Waals surface area contributed by atoms with Gasteiger partial charge in [-0.25, -0.2) is 0 Å². The van der Waals surface area contributed by atoms with Crippen LogP contribution in [0.3, 0.4) is 0 Å². The van der Waals surface area contributed by atoms with Gasteiger partial charge in [0.15, 0.2) is 0 Å². The Balaban J connectivity index is 1.61. The van der Waals surface area contributed by atoms with Crippen molar-refractivity contribution in [2.75, 3.05) is 13.7 Å². The van der Waals surface area contributed by atoms with Crippen molar-refractivity contribution in [1.29, 1.82) is 0 Å². The first-order chi connectivity index (χ1) is 13.3. The van der Waals surface area contributed by atoms with Gasteiger partial charge in [-0.3, -0.25) is 9.78 Å². The second-order valence-electron chi connectivity index (χ2n) is 6.43. The molecule has 7 nitrogen and oxygen atoms in total. The maximum atomic E-state index is 13.1. The summed E-state index contributed by atoms with van der Waals surface area (Å²) in [6, 6.07) is 10.6. The molecule has 1 saturated heterocycles. The molecule has 3 aromatic rings. The number of aromatic nitrogens is 3. The van der Waals surface area contributed by atoms with Crippen LogP contribution in [0.4, 0.5) is 0 Å². The van der Waals surface area contributed by atoms with Crippen LogP contribution in [0.5, 0.6) is 5.75 Å². The van der Waals surface area contributed by atoms with Crippen molar-refractivity contribution in [3.05, 3.63) is 60.2 Å². The number of benzene rings is 1. The quantitative estimate of drug-likeness (QED) is 0.705. The summed E-state index contributed by atoms with van der Waals surface area (Å²) in [6.07, 6.45) is 6.14. The number of nitrogens with zero attached hydrogens (tertiary/aromatic N) is 4. The van der Waals surface area contributed by atoms with E-state index in [1.807, 2.05) is 29.2 Å². The van der Waals surface area contributed by atoms with Crippen molar-refractivity contribution in [3.8, 4) is 17.1 Å². The Bertz CT molecular complexity index is 926. The summed E-state index contributed by atoms with van der Waals surface area (Å²) in [5, 5.41) is 4.08. The lowest BCUT2D eigenvalue weighted by atomic mass is 10.0. The molecule has 27 heavy (non-hydrogen) atoms. The van der Waals surface area contributed by atoms with E-state index in [2.05, 4.69) is 15.1 Å². The van der Waals surface area contributed by atoms with Crippen LogP contribution in [0.1, 0.15) is 41.6 Å². The summed E-state index contributed by atoms with van der Waals surface area (Å²) in [5.74, 6) is 1.58. The smallest absolute Gasteiger partial charge is 0.254 e. The lowest BCUT2D eigenvalue weighted by Gasteiger charge is -2.33. The molecular formula is C20H20N4O3. The van der Waals surface area contributed by atoms with Gasteiger partial charge in [0.2, 0.25) is 11.7 Å². The van der Waals surface area contributed by atoms with Crippen molar-refractivity contribution < 1.29 is 14.1 Å². The Labute approximate surface area is 157 Å². The van der Waals surface area contributed by atoms with Crippen LogP contribution in [0.15, 0.2) is 53.3 Å². The number of piperidine rings is 1. The first-order valence-corrected chi connectivity index (χ1v) is 8.95. The van der Waals surface area contributed by atoms with Gasteiger partial charge < -0.3 is 14.2 Å². The molecule has 138 valence electrons. The van der Waals surface area contributed by atoms with Crippen molar-refractivity contribution in [2.24, 2.45) is 0 Å². The third-order valence-corrected chi connectivity index (χ3v) is 4.75. The van der Waals surface area contributed by atoms with E-state index in [4.69, 9.17) is 9.26 Å². The van der Waals surface area contributed by atoms with Crippen LogP contribution in [0, 0.1) is 0 Å². The van der Waals surface area contributed by atoms with Crippen molar-refractivity contribution in [3.63, 3.8) is 0 Å². The monoisotopic (exact) mass is 364 g/mol. The van der Waals surface area contributed by atoms with Crippen molar-refractivity contribution in [1.82, 2.24) is 20.0 Å². The lowest BCUT2D eigenvalue weighted by molar-refractivity contribution is 0.0561. The molecule has 0 radical (unpaired) electrons. The predicted molar refractivity (Wildman–Crippen MR) is 98.2 cm³/mol. The summed E-state index contributed by atoms with van der Waals surface area (Å²) in [5.41, 5.74) is 1.43. The Hall–Kier alpha value is -3.22. The molecule has 0 aliphatic carbocycles. The zero-order chi connectivity index (χ0) is 18.6. The lowest BCUT2D eigenvalue weighted by Crippen LogP contribution is -2.38. The van der Waals surface area contributed by atoms with E-state index in [9.17, 15) is 4.79 Å². The molecule has 0 spiro atoms. The van der Waals surface area contributed by atoms with Gasteiger partial charge in [-0.1, -0.05) is 11.2 Å². The van der Waals surface area contributed by atoms with Crippen molar-refractivity contribution >= 4 is 5.91 Å². The summed E-state index contributed by atoms with van der Waals surface area (Å²) in [4.78, 5) is 23.5. The fourth-order valence-electron chi connectivity index (χ4n) is 3.34. The average Bonchev–Trinajstić information content (AvgIpc) is 3.24. The fraction of sp³-hybridized carbons (Fsp3) is 0.300. The molecule has 1 fully saturated rings. The number of likely N-dealkylation sites (tertiary alicyclic amines) is 1. The maximum absolute atomic E-state index is 13.1. The number of amides is 1. The molecule has 4 rings (SSSR count). The number of carbonyl (C=O) groups excluding carboxylic acids is 1. The van der Waals surface area contributed by atoms with Crippen LogP contribution in [0.2, 0.25) is 0 Å². The molecule has 0 N–H and O–H groups in total. The summed E-state index contributed by atoms with van der Waals surface area (Å²) < 4.78 is 10.8. The van der Waals surface area contributed by atoms with Crippen LogP contribution in [0.25, 0.3) is 11.4 Å². The standard InChI is InChI=1S/C20H20N4O3/c1-26-16-6-4-5-15(13-16)20(25)24-12-3-2-7-17(24)19-22-18(23-27-19)14-8-10-21-11-9-14/h4-6,8-11,13,17H,2-3,7,12H2,1H3. The molecule has 1 aliphatic rings. The molecule has 1 aliphatic heterocycles. The first-order valence-electron chi connectivity index (χ1n) is 8.95. The molecule has 1 unspecified atom stereocenters. The first kappa shape index (κ1) is 17.2. The van der Waals surface area contributed by atoms with Gasteiger partial charge >= 0.3 is 0 Å². The number of methoxy groups -OCH3 is 1. The van der Waals surface area contributed by atoms with E-state index in [1.165, 1.54) is 0 Å². The minimum Gasteiger partial charge on any atom is -0.497 e. The second kappa shape index (κ2) is 7.57. The molecule has 1 atom stereocenters. The Morgan fingerprint density at radius 1 is 1.22 bits per heavy atom. The van der Waals surface area contributed by atoms with Crippen LogP contribution < -0.4 is 4.74 Å². The van der Waals surface area contributed by atoms with E-state index in [1.54, 1.807) is 31.6 Å². The van der Waals surface area contributed by atoms with E-state index >= 15 is 0 Å². The zero-order valence-electron chi connectivity index (χ0n) is 15.0. The predicted octanol–water partition coefficient (Wildman–Crippen LogP) is 3.51. The Morgan fingerprint density at radius 3 is 2.89 bits per heavy atom. The minimum atomic E-state index is -0.222. The fourth-order valence-corrected chi connectivity index (χ4v) is 3.34. The third-order valence-electron chi connectivity index (χ3n) is 4.75. The number of rotatable bonds is 4. The number of hydrogen-bond donors (Lipinski definition) is 0. The number of ether oxygens (including phenoxy) is 1. The third kappa shape index (κ3) is 3.53. The summed E-state index contributed by atoms with van der Waals surface area (Å²) in [7, 11) is 1.59. The van der Waals surface area contributed by atoms with E-state index < -0.39 is 0 Å². The second-order valence-corrected chi connectivity index (χ2v) is 6.43. The van der Waals surface area contributed by atoms with Crippen LogP contribution in [-0.4, -0.2) is 39.6 Å². The number of carbonyl (C=O) groups is 1. The molecule has 0 saturated carbocycles. The Kier molecular flexibility index (Phi) is 4.82. The van der Waals surface area contributed by atoms with Gasteiger partial charge in [0.05, 0.1) is 7.11 Å². The molecule has 1 aromatic carbocycles. The minimum absolute atomic E-state index is 0.0535. The molecule has 0 bridgehead atoms. The van der Waals surface area contributed by atoms with Crippen LogP contribution >= 0.6 is 0 Å². The van der Waals surface area contributed by atoms with Gasteiger partial charge in [0.1, 0.15) is 11.8 Å². The highest BCUT2D eigenvalue weighted by molar-refractivity contribution is 5.95. The highest BCUT2D eigenvalue weighted by atomic mass is 16.5. The topological polar surface area (TPSA) is 81.4 Å². The van der Waals surface area contributed by atoms with E-state index in [-0.39, 0.29) is 11.9 Å². The SMILES string of the molecule is COc1cccc(C(=O)N2CCCCC2c2nc(-c3ccncc3)no2)c1.